The van der Waals surface area contributed by atoms with Crippen LogP contribution in [0.3, 0.4) is 0 Å². The van der Waals surface area contributed by atoms with Gasteiger partial charge < -0.3 is 99.8 Å². The summed E-state index contributed by atoms with van der Waals surface area (Å²) >= 11 is 0. The Kier molecular flexibility index (Phi) is 31.5. The molecule has 1 aromatic carbocycles. The third-order valence-electron chi connectivity index (χ3n) is 18.2. The standard InChI is InChI=1S/C64H102N18O19/c1-36(2)31-43(59(97)98)73-56(94)51(64(3,4)5)76-52(90)42(32-37-12-14-40(83)15-13-37)72-53(91)44-10-7-23-80(44)57(95)41(9-6-20-70-60(65)66)71-55(93)49(39-18-25-79(26-19-39)61(67)68)74-54(92)45-11-8-24-81(45)58(96)50(38-16-21-69-22-17-38)75-62(99)82(63(100)101)30-29-77(33-46(84)85)27-28-78(34-47(86)87)35-48(88)89/h12-15,36,38-39,41-45,49-51,69,83H,6-11,16-35H2,1-5H3,(H3,67,68)(H,71,93)(H,72,91)(H,73,94)(H,74,92)(H,75,99)(H,76,90)(H,84,85)(H,86,87)(H,88,89)(H,97,98)(H,100,101)(H4,65,66,70)/t41-,42-,43-,44-,45-,49-,50-,51+/m0/s1. The second-order valence-electron chi connectivity index (χ2n) is 27.5. The maximum atomic E-state index is 15.2. The van der Waals surface area contributed by atoms with Crippen molar-refractivity contribution in [3.63, 3.8) is 0 Å². The molecule has 37 heteroatoms. The fraction of sp³-hybridized carbons (Fsp3) is 0.672. The number of rotatable bonds is 36. The molecule has 1 aromatic rings. The minimum Gasteiger partial charge on any atom is -0.508 e. The molecule has 0 spiro atoms. The molecule has 8 atom stereocenters. The zero-order valence-electron chi connectivity index (χ0n) is 57.9. The number of guanidine groups is 2. The number of aliphatic imine (C=N–C) groups is 1. The number of piperidine rings is 2. The summed E-state index contributed by atoms with van der Waals surface area (Å²) in [6.45, 7) is 5.96. The number of hydrogen-bond acceptors (Lipinski definition) is 19. The monoisotopic (exact) mass is 1430 g/mol. The van der Waals surface area contributed by atoms with Crippen molar-refractivity contribution in [3.8, 4) is 5.75 Å². The van der Waals surface area contributed by atoms with Crippen molar-refractivity contribution >= 4 is 89.3 Å². The van der Waals surface area contributed by atoms with Crippen LogP contribution in [0.15, 0.2) is 29.3 Å². The number of nitrogens with zero attached hydrogens (tertiary/aromatic N) is 7. The summed E-state index contributed by atoms with van der Waals surface area (Å²) in [6, 6.07) is -6.29. The normalized spacial score (nSPS) is 18.4. The van der Waals surface area contributed by atoms with Gasteiger partial charge in [-0.15, -0.1) is 0 Å². The first kappa shape index (κ1) is 82.0. The molecule has 4 heterocycles. The van der Waals surface area contributed by atoms with Gasteiger partial charge >= 0.3 is 36.0 Å². The van der Waals surface area contributed by atoms with Crippen LogP contribution < -0.4 is 54.4 Å². The van der Waals surface area contributed by atoms with Crippen LogP contribution in [0.5, 0.6) is 5.75 Å². The summed E-state index contributed by atoms with van der Waals surface area (Å²) in [5, 5.41) is 86.3. The van der Waals surface area contributed by atoms with E-state index in [2.05, 4.69) is 42.2 Å². The Bertz CT molecular complexity index is 3120. The first-order chi connectivity index (χ1) is 47.5. The number of urea groups is 1. The number of nitrogens with two attached hydrogens (primary N) is 3. The van der Waals surface area contributed by atoms with Crippen LogP contribution in [-0.4, -0.2) is 289 Å². The molecule has 4 saturated heterocycles. The third kappa shape index (κ3) is 25.8. The zero-order valence-corrected chi connectivity index (χ0v) is 57.9. The lowest BCUT2D eigenvalue weighted by Crippen LogP contribution is -2.62. The number of amides is 10. The summed E-state index contributed by atoms with van der Waals surface area (Å²) in [6.07, 6.45) is -0.170. The quantitative estimate of drug-likeness (QED) is 0.0182. The molecule has 562 valence electrons. The van der Waals surface area contributed by atoms with Crippen molar-refractivity contribution in [3.05, 3.63) is 29.8 Å². The molecule has 10 amide bonds. The molecule has 0 radical (unpaired) electrons. The third-order valence-corrected chi connectivity index (χ3v) is 18.2. The number of phenols is 1. The van der Waals surface area contributed by atoms with Crippen LogP contribution in [0.2, 0.25) is 0 Å². The number of carbonyl (C=O) groups excluding carboxylic acids is 8. The van der Waals surface area contributed by atoms with E-state index in [0.717, 1.165) is 4.90 Å². The topological polar surface area (TPSA) is 561 Å². The second-order valence-corrected chi connectivity index (χ2v) is 27.5. The molecule has 0 aliphatic carbocycles. The number of imide groups is 1. The number of aromatic hydroxyl groups is 1. The van der Waals surface area contributed by atoms with E-state index in [9.17, 15) is 78.6 Å². The lowest BCUT2D eigenvalue weighted by atomic mass is 9.85. The number of carbonyl (C=O) groups is 13. The largest absolute Gasteiger partial charge is 0.508 e. The molecular weight excluding hydrogens is 1320 g/mol. The number of hydrogen-bond donors (Lipinski definition) is 17. The predicted molar refractivity (Wildman–Crippen MR) is 362 cm³/mol. The van der Waals surface area contributed by atoms with Gasteiger partial charge in [0.25, 0.3) is 0 Å². The van der Waals surface area contributed by atoms with Crippen molar-refractivity contribution in [1.29, 1.82) is 5.41 Å². The Labute approximate surface area is 584 Å². The first-order valence-corrected chi connectivity index (χ1v) is 33.9. The van der Waals surface area contributed by atoms with Crippen LogP contribution in [0, 0.1) is 28.6 Å². The van der Waals surface area contributed by atoms with Crippen molar-refractivity contribution < 1.29 is 93.0 Å². The highest BCUT2D eigenvalue weighted by Crippen LogP contribution is 2.28. The highest BCUT2D eigenvalue weighted by Gasteiger charge is 2.46. The van der Waals surface area contributed by atoms with E-state index in [1.807, 2.05) is 0 Å². The molecular formula is C64H102N18O19. The maximum absolute atomic E-state index is 15.2. The van der Waals surface area contributed by atoms with Crippen molar-refractivity contribution in [2.24, 2.45) is 45.4 Å². The minimum absolute atomic E-state index is 0.00128. The maximum Gasteiger partial charge on any atom is 0.415 e. The van der Waals surface area contributed by atoms with E-state index < -0.39 is 176 Å². The molecule has 0 unspecified atom stereocenters. The van der Waals surface area contributed by atoms with E-state index in [1.165, 1.54) is 39.0 Å². The molecule has 5 rings (SSSR count). The molecule has 101 heavy (non-hydrogen) atoms. The first-order valence-electron chi connectivity index (χ1n) is 33.9. The summed E-state index contributed by atoms with van der Waals surface area (Å²) in [5.41, 5.74) is 16.6. The molecule has 0 aromatic heterocycles. The summed E-state index contributed by atoms with van der Waals surface area (Å²) in [5.74, 6) is -12.9. The predicted octanol–water partition coefficient (Wildman–Crippen LogP) is -2.91. The summed E-state index contributed by atoms with van der Waals surface area (Å²) in [4.78, 5) is 188. The van der Waals surface area contributed by atoms with Crippen LogP contribution >= 0.6 is 0 Å². The smallest absolute Gasteiger partial charge is 0.415 e. The number of phenolic OH excluding ortho intramolecular Hbond substituents is 1. The molecule has 0 saturated carbocycles. The van der Waals surface area contributed by atoms with Gasteiger partial charge in [0.15, 0.2) is 11.9 Å². The van der Waals surface area contributed by atoms with Gasteiger partial charge in [-0.05, 0) is 125 Å². The van der Waals surface area contributed by atoms with Gasteiger partial charge in [0.2, 0.25) is 41.4 Å². The van der Waals surface area contributed by atoms with Gasteiger partial charge in [-0.25, -0.2) is 19.3 Å². The molecule has 37 nitrogen and oxygen atoms in total. The Morgan fingerprint density at radius 2 is 1.14 bits per heavy atom. The van der Waals surface area contributed by atoms with Gasteiger partial charge in [0, 0.05) is 65.3 Å². The van der Waals surface area contributed by atoms with Gasteiger partial charge in [0.05, 0.1) is 19.6 Å². The highest BCUT2D eigenvalue weighted by molar-refractivity contribution is 5.99. The van der Waals surface area contributed by atoms with E-state index in [-0.39, 0.29) is 134 Å². The molecule has 4 fully saturated rings. The average molecular weight is 1430 g/mol. The minimum atomic E-state index is -1.78. The van der Waals surface area contributed by atoms with E-state index >= 15 is 14.4 Å². The average Bonchev–Trinajstić information content (AvgIpc) is 1.78. The zero-order chi connectivity index (χ0) is 75.0. The second kappa shape index (κ2) is 38.8. The lowest BCUT2D eigenvalue weighted by Gasteiger charge is -2.38. The van der Waals surface area contributed by atoms with Crippen LogP contribution in [0.25, 0.3) is 0 Å². The number of benzene rings is 1. The lowest BCUT2D eigenvalue weighted by molar-refractivity contribution is -0.144. The van der Waals surface area contributed by atoms with Crippen molar-refractivity contribution in [2.45, 2.75) is 160 Å². The van der Waals surface area contributed by atoms with Gasteiger partial charge in [0.1, 0.15) is 54.1 Å². The molecule has 4 aliphatic heterocycles. The van der Waals surface area contributed by atoms with Crippen molar-refractivity contribution in [1.82, 2.24) is 66.6 Å². The Morgan fingerprint density at radius 3 is 1.66 bits per heavy atom. The Hall–Kier alpha value is -9.65. The van der Waals surface area contributed by atoms with E-state index in [1.54, 1.807) is 39.5 Å². The molecule has 0 bridgehead atoms. The summed E-state index contributed by atoms with van der Waals surface area (Å²) < 4.78 is 0. The van der Waals surface area contributed by atoms with E-state index in [0.29, 0.717) is 36.4 Å². The molecule has 20 N–H and O–H groups in total. The fourth-order valence-corrected chi connectivity index (χ4v) is 13.0. The van der Waals surface area contributed by atoms with Gasteiger partial charge in [-0.1, -0.05) is 46.8 Å². The Morgan fingerprint density at radius 1 is 0.614 bits per heavy atom. The van der Waals surface area contributed by atoms with E-state index in [4.69, 9.17) is 22.6 Å². The van der Waals surface area contributed by atoms with Gasteiger partial charge in [-0.3, -0.25) is 68.1 Å². The Balaban J connectivity index is 1.42. The number of nitrogens with one attached hydrogen (secondary N) is 8. The van der Waals surface area contributed by atoms with Crippen LogP contribution in [0.1, 0.15) is 111 Å². The number of aliphatic carboxylic acids is 4. The number of likely N-dealkylation sites (tertiary alicyclic amines) is 3. The SMILES string of the molecule is CC(C)C[C@H](NC(=O)[C@@H](NC(=O)[C@H](Cc1ccc(O)cc1)NC(=O)[C@@H]1CCCN1C(=O)[C@H](CCCN=C(N)N)NC(=O)[C@@H](NC(=O)[C@@H]1CCCN1C(=O)[C@@H](NC(=O)N(CCN(CCN(CC(=O)O)CC(=O)O)CC(=O)O)C(=O)O)C1CCNCC1)C1CCN(C(=N)N)CC1)C(C)(C)C)C(=O)O. The van der Waals surface area contributed by atoms with Gasteiger partial charge in [-0.2, -0.15) is 0 Å². The number of carboxylic acids is 4. The van der Waals surface area contributed by atoms with Crippen molar-refractivity contribution in [2.75, 3.05) is 91.6 Å². The van der Waals surface area contributed by atoms with Crippen LogP contribution in [-0.2, 0) is 59.2 Å². The summed E-state index contributed by atoms with van der Waals surface area (Å²) in [7, 11) is 0. The number of carboxylic acid groups (broad SMARTS) is 5. The highest BCUT2D eigenvalue weighted by atomic mass is 16.4. The molecule has 4 aliphatic rings. The van der Waals surface area contributed by atoms with Crippen LogP contribution in [0.4, 0.5) is 9.59 Å². The fourth-order valence-electron chi connectivity index (χ4n) is 13.0.